The number of hydrogen-bond acceptors (Lipinski definition) is 5. The van der Waals surface area contributed by atoms with Gasteiger partial charge in [0.1, 0.15) is 17.1 Å². The number of aromatic amines is 1. The molecule has 7 nitrogen and oxygen atoms in total. The highest BCUT2D eigenvalue weighted by Crippen LogP contribution is 2.37. The lowest BCUT2D eigenvalue weighted by Crippen LogP contribution is -2.02. The number of hydrogen-bond donors (Lipinski definition) is 3. The van der Waals surface area contributed by atoms with Gasteiger partial charge < -0.3 is 20.3 Å². The second-order valence-corrected chi connectivity index (χ2v) is 4.19. The Morgan fingerprint density at radius 2 is 1.95 bits per heavy atom. The summed E-state index contributed by atoms with van der Waals surface area (Å²) < 4.78 is 10.5. The zero-order valence-corrected chi connectivity index (χ0v) is 11.4. The van der Waals surface area contributed by atoms with E-state index >= 15 is 0 Å². The van der Waals surface area contributed by atoms with E-state index < -0.39 is 5.97 Å². The smallest absolute Gasteiger partial charge is 0.341 e. The normalized spacial score (nSPS) is 10.3. The van der Waals surface area contributed by atoms with Crippen molar-refractivity contribution in [2.75, 3.05) is 20.0 Å². The third-order valence-electron chi connectivity index (χ3n) is 2.99. The van der Waals surface area contributed by atoms with Gasteiger partial charge in [0, 0.05) is 5.56 Å². The third-order valence-corrected chi connectivity index (χ3v) is 2.99. The summed E-state index contributed by atoms with van der Waals surface area (Å²) in [5.41, 5.74) is 7.17. The monoisotopic (exact) mass is 277 g/mol. The van der Waals surface area contributed by atoms with E-state index in [4.69, 9.17) is 15.2 Å². The van der Waals surface area contributed by atoms with Gasteiger partial charge in [-0.25, -0.2) is 4.79 Å². The van der Waals surface area contributed by atoms with E-state index in [9.17, 15) is 9.90 Å². The number of H-pyrrole nitrogens is 1. The number of anilines is 1. The molecule has 0 unspecified atom stereocenters. The van der Waals surface area contributed by atoms with E-state index in [0.29, 0.717) is 17.1 Å². The molecular formula is C13H15N3O4. The second kappa shape index (κ2) is 5.12. The Hall–Kier alpha value is -2.70. The Labute approximate surface area is 115 Å². The Morgan fingerprint density at radius 3 is 2.50 bits per heavy atom. The number of ether oxygens (including phenoxy) is 2. The summed E-state index contributed by atoms with van der Waals surface area (Å²) in [6, 6.07) is 3.45. The number of nitrogens with zero attached hydrogens (tertiary/aromatic N) is 1. The summed E-state index contributed by atoms with van der Waals surface area (Å²) in [6.45, 7) is 1.87. The lowest BCUT2D eigenvalue weighted by atomic mass is 10.0. The molecule has 0 amide bonds. The van der Waals surface area contributed by atoms with Crippen molar-refractivity contribution in [3.63, 3.8) is 0 Å². The molecule has 0 saturated carbocycles. The maximum atomic E-state index is 11.3. The molecular weight excluding hydrogens is 262 g/mol. The van der Waals surface area contributed by atoms with Crippen LogP contribution >= 0.6 is 0 Å². The van der Waals surface area contributed by atoms with Crippen LogP contribution in [0, 0.1) is 6.92 Å². The van der Waals surface area contributed by atoms with Crippen LogP contribution in [0.2, 0.25) is 0 Å². The SMILES string of the molecule is COc1cc(-c2[nH]nc(N)c2C(=O)O)c(OC)cc1C. The second-order valence-electron chi connectivity index (χ2n) is 4.19. The first-order valence-corrected chi connectivity index (χ1v) is 5.79. The number of carboxylic acids is 1. The predicted molar refractivity (Wildman–Crippen MR) is 73.2 cm³/mol. The lowest BCUT2D eigenvalue weighted by Gasteiger charge is -2.12. The lowest BCUT2D eigenvalue weighted by molar-refractivity contribution is 0.0699. The van der Waals surface area contributed by atoms with E-state index in [1.807, 2.05) is 6.92 Å². The number of aryl methyl sites for hydroxylation is 1. The van der Waals surface area contributed by atoms with Gasteiger partial charge >= 0.3 is 5.97 Å². The minimum absolute atomic E-state index is 0.0749. The highest BCUT2D eigenvalue weighted by molar-refractivity contribution is 6.00. The van der Waals surface area contributed by atoms with Crippen LogP contribution in [0.4, 0.5) is 5.82 Å². The zero-order chi connectivity index (χ0) is 14.9. The number of nitrogens with two attached hydrogens (primary N) is 1. The quantitative estimate of drug-likeness (QED) is 0.784. The van der Waals surface area contributed by atoms with Gasteiger partial charge in [-0.05, 0) is 24.6 Å². The van der Waals surface area contributed by atoms with Gasteiger partial charge in [0.05, 0.1) is 19.9 Å². The molecule has 0 fully saturated rings. The highest BCUT2D eigenvalue weighted by atomic mass is 16.5. The van der Waals surface area contributed by atoms with Crippen molar-refractivity contribution in [2.45, 2.75) is 6.92 Å². The minimum Gasteiger partial charge on any atom is -0.496 e. The van der Waals surface area contributed by atoms with Crippen molar-refractivity contribution >= 4 is 11.8 Å². The molecule has 2 rings (SSSR count). The van der Waals surface area contributed by atoms with Crippen LogP contribution in [-0.2, 0) is 0 Å². The van der Waals surface area contributed by atoms with Gasteiger partial charge in [-0.15, -0.1) is 0 Å². The Bertz CT molecular complexity index is 664. The van der Waals surface area contributed by atoms with Gasteiger partial charge in [-0.1, -0.05) is 0 Å². The first-order valence-electron chi connectivity index (χ1n) is 5.79. The molecule has 0 saturated heterocycles. The molecule has 0 aliphatic rings. The van der Waals surface area contributed by atoms with Crippen molar-refractivity contribution in [3.8, 4) is 22.8 Å². The standard InChI is InChI=1S/C13H15N3O4/c1-6-4-9(20-3)7(5-8(6)19-2)11-10(13(17)18)12(14)16-15-11/h4-5H,1-3H3,(H,17,18)(H3,14,15,16). The molecule has 7 heteroatoms. The van der Waals surface area contributed by atoms with Crippen LogP contribution in [0.1, 0.15) is 15.9 Å². The number of aromatic carboxylic acids is 1. The number of nitrogen functional groups attached to an aromatic ring is 1. The molecule has 20 heavy (non-hydrogen) atoms. The molecule has 2 aromatic rings. The third kappa shape index (κ3) is 2.13. The Morgan fingerprint density at radius 1 is 1.30 bits per heavy atom. The van der Waals surface area contributed by atoms with E-state index in [1.54, 1.807) is 12.1 Å². The maximum Gasteiger partial charge on any atom is 0.341 e. The van der Waals surface area contributed by atoms with E-state index in [0.717, 1.165) is 5.56 Å². The van der Waals surface area contributed by atoms with Crippen molar-refractivity contribution < 1.29 is 19.4 Å². The number of aromatic nitrogens is 2. The van der Waals surface area contributed by atoms with Crippen LogP contribution in [0.5, 0.6) is 11.5 Å². The fourth-order valence-electron chi connectivity index (χ4n) is 2.01. The zero-order valence-electron chi connectivity index (χ0n) is 11.4. The van der Waals surface area contributed by atoms with E-state index in [-0.39, 0.29) is 17.1 Å². The van der Waals surface area contributed by atoms with Crippen LogP contribution in [-0.4, -0.2) is 35.5 Å². The predicted octanol–water partition coefficient (Wildman–Crippen LogP) is 1.68. The molecule has 1 aromatic heterocycles. The van der Waals surface area contributed by atoms with Crippen molar-refractivity contribution in [1.82, 2.24) is 10.2 Å². The van der Waals surface area contributed by atoms with Gasteiger partial charge in [-0.3, -0.25) is 5.10 Å². The van der Waals surface area contributed by atoms with E-state index in [2.05, 4.69) is 10.2 Å². The summed E-state index contributed by atoms with van der Waals surface area (Å²) in [5, 5.41) is 15.6. The van der Waals surface area contributed by atoms with Crippen molar-refractivity contribution in [1.29, 1.82) is 0 Å². The van der Waals surface area contributed by atoms with Crippen molar-refractivity contribution in [2.24, 2.45) is 0 Å². The summed E-state index contributed by atoms with van der Waals surface area (Å²) in [4.78, 5) is 11.3. The number of benzene rings is 1. The number of carboxylic acid groups (broad SMARTS) is 1. The molecule has 1 aromatic carbocycles. The number of nitrogens with one attached hydrogen (secondary N) is 1. The highest BCUT2D eigenvalue weighted by Gasteiger charge is 2.22. The van der Waals surface area contributed by atoms with Crippen LogP contribution in [0.25, 0.3) is 11.3 Å². The van der Waals surface area contributed by atoms with Crippen LogP contribution in [0.15, 0.2) is 12.1 Å². The molecule has 106 valence electrons. The molecule has 0 spiro atoms. The summed E-state index contributed by atoms with van der Waals surface area (Å²) in [5.74, 6) is -0.110. The molecule has 0 radical (unpaired) electrons. The molecule has 0 aliphatic carbocycles. The summed E-state index contributed by atoms with van der Waals surface area (Å²) >= 11 is 0. The molecule has 0 aliphatic heterocycles. The largest absolute Gasteiger partial charge is 0.496 e. The Balaban J connectivity index is 2.72. The van der Waals surface area contributed by atoms with Gasteiger partial charge in [0.2, 0.25) is 0 Å². The fourth-order valence-corrected chi connectivity index (χ4v) is 2.01. The molecule has 4 N–H and O–H groups in total. The fraction of sp³-hybridized carbons (Fsp3) is 0.231. The number of methoxy groups -OCH3 is 2. The van der Waals surface area contributed by atoms with Gasteiger partial charge in [0.15, 0.2) is 5.82 Å². The number of carbonyl (C=O) groups is 1. The summed E-state index contributed by atoms with van der Waals surface area (Å²) in [6.07, 6.45) is 0. The van der Waals surface area contributed by atoms with Gasteiger partial charge in [0.25, 0.3) is 0 Å². The Kier molecular flexibility index (Phi) is 3.51. The first-order chi connectivity index (χ1) is 9.49. The average molecular weight is 277 g/mol. The van der Waals surface area contributed by atoms with Crippen molar-refractivity contribution in [3.05, 3.63) is 23.3 Å². The first kappa shape index (κ1) is 13.7. The van der Waals surface area contributed by atoms with Crippen LogP contribution in [0.3, 0.4) is 0 Å². The topological polar surface area (TPSA) is 110 Å². The molecule has 0 bridgehead atoms. The molecule has 1 heterocycles. The van der Waals surface area contributed by atoms with Gasteiger partial charge in [-0.2, -0.15) is 5.10 Å². The number of rotatable bonds is 4. The van der Waals surface area contributed by atoms with E-state index in [1.165, 1.54) is 14.2 Å². The minimum atomic E-state index is -1.16. The summed E-state index contributed by atoms with van der Waals surface area (Å²) in [7, 11) is 3.04. The average Bonchev–Trinajstić information content (AvgIpc) is 2.80. The van der Waals surface area contributed by atoms with Crippen LogP contribution < -0.4 is 15.2 Å². The maximum absolute atomic E-state index is 11.3. The molecule has 0 atom stereocenters.